The molecule has 0 N–H and O–H groups in total. The Kier molecular flexibility index (Phi) is 20.4. The van der Waals surface area contributed by atoms with Crippen LogP contribution < -0.4 is 29.6 Å². The van der Waals surface area contributed by atoms with Crippen LogP contribution in [0, 0.1) is 0 Å². The molecular weight excluding hydrogens is 451 g/mol. The molecule has 33 heavy (non-hydrogen) atoms. The molecule has 8 heteroatoms. The van der Waals surface area contributed by atoms with Gasteiger partial charge < -0.3 is 14.0 Å². The van der Waals surface area contributed by atoms with Gasteiger partial charge in [-0.05, 0) is 19.3 Å². The fraction of sp³-hybridized carbons (Fsp3) is 1.00. The molecule has 0 aliphatic carbocycles. The average molecular weight is 501 g/mol. The third-order valence-corrected chi connectivity index (χ3v) is 6.82. The number of unbranched alkanes of at least 4 members (excludes halogenated alkanes) is 10. The molecule has 1 saturated heterocycles. The standard InChI is InChI=1S/C25H50O6S.Na/c1-4-7-8-9-12-15-18-23-24(31-25(30-23,20-5-2)21-6-3)19-16-13-10-11-14-17-22-29-32(26,27)28;/h23-24H,4-22H2,1-3H3,(H,26,27,28);/q;+1/p-1/t23-,24-;/m0./s1. The third kappa shape index (κ3) is 16.2. The summed E-state index contributed by atoms with van der Waals surface area (Å²) in [4.78, 5) is 0. The van der Waals surface area contributed by atoms with Crippen LogP contribution >= 0.6 is 0 Å². The first-order valence-corrected chi connectivity index (χ1v) is 14.6. The molecule has 1 rings (SSSR count). The molecule has 0 aromatic carbocycles. The van der Waals surface area contributed by atoms with Gasteiger partial charge in [0, 0.05) is 12.8 Å². The second kappa shape index (κ2) is 19.9. The van der Waals surface area contributed by atoms with Crippen LogP contribution in [0.5, 0.6) is 0 Å². The summed E-state index contributed by atoms with van der Waals surface area (Å²) < 4.78 is 48.7. The van der Waals surface area contributed by atoms with E-state index in [0.29, 0.717) is 6.42 Å². The zero-order chi connectivity index (χ0) is 23.7. The van der Waals surface area contributed by atoms with Gasteiger partial charge in [-0.3, -0.25) is 4.18 Å². The first-order chi connectivity index (χ1) is 15.4. The summed E-state index contributed by atoms with van der Waals surface area (Å²) >= 11 is 0. The van der Waals surface area contributed by atoms with Crippen LogP contribution in [0.3, 0.4) is 0 Å². The van der Waals surface area contributed by atoms with Crippen LogP contribution in [-0.2, 0) is 24.1 Å². The van der Waals surface area contributed by atoms with Gasteiger partial charge in [0.25, 0.3) is 0 Å². The van der Waals surface area contributed by atoms with Crippen molar-refractivity contribution in [3.63, 3.8) is 0 Å². The summed E-state index contributed by atoms with van der Waals surface area (Å²) in [5.74, 6) is -0.372. The van der Waals surface area contributed by atoms with Crippen LogP contribution in [0.25, 0.3) is 0 Å². The third-order valence-electron chi connectivity index (χ3n) is 6.36. The molecule has 0 unspecified atom stereocenters. The van der Waals surface area contributed by atoms with Crippen molar-refractivity contribution < 1.29 is 56.2 Å². The summed E-state index contributed by atoms with van der Waals surface area (Å²) in [6.07, 6.45) is 20.4. The molecule has 192 valence electrons. The first kappa shape index (κ1) is 33.8. The zero-order valence-corrected chi connectivity index (χ0v) is 24.8. The van der Waals surface area contributed by atoms with Gasteiger partial charge in [-0.2, -0.15) is 0 Å². The van der Waals surface area contributed by atoms with Crippen molar-refractivity contribution in [3.8, 4) is 0 Å². The maximum absolute atomic E-state index is 10.4. The van der Waals surface area contributed by atoms with Crippen LogP contribution in [0.1, 0.15) is 136 Å². The number of hydrogen-bond donors (Lipinski definition) is 0. The van der Waals surface area contributed by atoms with Gasteiger partial charge in [0.1, 0.15) is 0 Å². The Morgan fingerprint density at radius 2 is 1.12 bits per heavy atom. The molecule has 0 bridgehead atoms. The maximum atomic E-state index is 10.4. The molecule has 0 radical (unpaired) electrons. The van der Waals surface area contributed by atoms with Gasteiger partial charge in [0.15, 0.2) is 5.79 Å². The summed E-state index contributed by atoms with van der Waals surface area (Å²) in [6.45, 7) is 6.66. The Morgan fingerprint density at radius 1 is 0.697 bits per heavy atom. The number of rotatable bonds is 21. The van der Waals surface area contributed by atoms with Crippen LogP contribution in [0.2, 0.25) is 0 Å². The average Bonchev–Trinajstić information content (AvgIpc) is 3.06. The van der Waals surface area contributed by atoms with Gasteiger partial charge in [-0.15, -0.1) is 0 Å². The van der Waals surface area contributed by atoms with Crippen LogP contribution in [-0.4, -0.2) is 37.6 Å². The monoisotopic (exact) mass is 500 g/mol. The Hall–Kier alpha value is 0.790. The minimum Gasteiger partial charge on any atom is -0.726 e. The van der Waals surface area contributed by atoms with Crippen molar-refractivity contribution in [2.75, 3.05) is 6.61 Å². The fourth-order valence-corrected chi connectivity index (χ4v) is 5.11. The topological polar surface area (TPSA) is 84.9 Å². The smallest absolute Gasteiger partial charge is 0.726 e. The summed E-state index contributed by atoms with van der Waals surface area (Å²) in [5.41, 5.74) is 0. The van der Waals surface area contributed by atoms with Crippen molar-refractivity contribution in [1.29, 1.82) is 0 Å². The predicted octanol–water partition coefficient (Wildman–Crippen LogP) is 4.03. The zero-order valence-electron chi connectivity index (χ0n) is 21.9. The van der Waals surface area contributed by atoms with E-state index >= 15 is 0 Å². The van der Waals surface area contributed by atoms with E-state index in [1.165, 1.54) is 38.5 Å². The number of ether oxygens (including phenoxy) is 2. The van der Waals surface area contributed by atoms with E-state index in [9.17, 15) is 13.0 Å². The van der Waals surface area contributed by atoms with E-state index in [0.717, 1.165) is 70.6 Å². The van der Waals surface area contributed by atoms with E-state index in [4.69, 9.17) is 9.47 Å². The number of hydrogen-bond acceptors (Lipinski definition) is 6. The molecular formula is C25H49NaO6S. The van der Waals surface area contributed by atoms with Crippen molar-refractivity contribution in [2.45, 2.75) is 154 Å². The molecule has 1 fully saturated rings. The summed E-state index contributed by atoms with van der Waals surface area (Å²) in [5, 5.41) is 0. The molecule has 1 aliphatic rings. The quantitative estimate of drug-likeness (QED) is 0.102. The van der Waals surface area contributed by atoms with E-state index < -0.39 is 10.4 Å². The van der Waals surface area contributed by atoms with Crippen molar-refractivity contribution in [3.05, 3.63) is 0 Å². The second-order valence-corrected chi connectivity index (χ2v) is 10.5. The molecule has 0 aromatic rings. The van der Waals surface area contributed by atoms with Gasteiger partial charge in [0.2, 0.25) is 10.4 Å². The minimum absolute atomic E-state index is 0. The first-order valence-electron chi connectivity index (χ1n) is 13.3. The van der Waals surface area contributed by atoms with Gasteiger partial charge in [0.05, 0.1) is 18.8 Å². The van der Waals surface area contributed by atoms with E-state index in [1.54, 1.807) is 0 Å². The largest absolute Gasteiger partial charge is 1.00 e. The molecule has 1 heterocycles. The van der Waals surface area contributed by atoms with Crippen molar-refractivity contribution in [1.82, 2.24) is 0 Å². The van der Waals surface area contributed by atoms with E-state index in [1.807, 2.05) is 0 Å². The van der Waals surface area contributed by atoms with Gasteiger partial charge in [-0.25, -0.2) is 8.42 Å². The minimum atomic E-state index is -4.55. The Morgan fingerprint density at radius 3 is 1.55 bits per heavy atom. The van der Waals surface area contributed by atoms with E-state index in [-0.39, 0.29) is 54.2 Å². The fourth-order valence-electron chi connectivity index (χ4n) is 4.78. The molecule has 0 spiro atoms. The molecule has 0 aromatic heterocycles. The normalized spacial score (nSPS) is 20.1. The van der Waals surface area contributed by atoms with Gasteiger partial charge >= 0.3 is 29.6 Å². The Labute approximate surface area is 226 Å². The molecule has 1 aliphatic heterocycles. The molecule has 6 nitrogen and oxygen atoms in total. The van der Waals surface area contributed by atoms with Crippen LogP contribution in [0.15, 0.2) is 0 Å². The predicted molar refractivity (Wildman–Crippen MR) is 128 cm³/mol. The maximum Gasteiger partial charge on any atom is 1.00 e. The van der Waals surface area contributed by atoms with Gasteiger partial charge in [-0.1, -0.05) is 104 Å². The summed E-state index contributed by atoms with van der Waals surface area (Å²) in [6, 6.07) is 0. The molecule has 0 amide bonds. The Bertz CT molecular complexity index is 551. The molecule has 0 saturated carbocycles. The van der Waals surface area contributed by atoms with Crippen LogP contribution in [0.4, 0.5) is 0 Å². The van der Waals surface area contributed by atoms with Crippen molar-refractivity contribution >= 4 is 10.4 Å². The van der Waals surface area contributed by atoms with E-state index in [2.05, 4.69) is 25.0 Å². The summed E-state index contributed by atoms with van der Waals surface area (Å²) in [7, 11) is -4.55. The second-order valence-electron chi connectivity index (χ2n) is 9.42. The van der Waals surface area contributed by atoms with Crippen molar-refractivity contribution in [2.24, 2.45) is 0 Å². The SMILES string of the molecule is CCCCCCCC[C@@H]1OC(CCC)(CCC)O[C@H]1CCCCCCCCOS(=O)(=O)[O-].[Na+]. The Balaban J connectivity index is 0.0000102. The molecule has 2 atom stereocenters.